The van der Waals surface area contributed by atoms with E-state index in [9.17, 15) is 4.79 Å². The molecule has 1 saturated heterocycles. The Hall–Kier alpha value is -0.570. The summed E-state index contributed by atoms with van der Waals surface area (Å²) in [5.74, 6) is 1.32. The van der Waals surface area contributed by atoms with Gasteiger partial charge in [0.2, 0.25) is 5.91 Å². The molecule has 0 spiro atoms. The number of amides is 1. The molecular weight excluding hydrogens is 200 g/mol. The monoisotopic (exact) mass is 226 g/mol. The summed E-state index contributed by atoms with van der Waals surface area (Å²) in [6.45, 7) is 8.57. The molecular formula is C13H26N2O. The highest BCUT2D eigenvalue weighted by atomic mass is 16.1. The second kappa shape index (κ2) is 6.89. The summed E-state index contributed by atoms with van der Waals surface area (Å²) >= 11 is 0. The lowest BCUT2D eigenvalue weighted by Crippen LogP contribution is -2.44. The van der Waals surface area contributed by atoms with Crippen molar-refractivity contribution in [2.75, 3.05) is 13.1 Å². The molecule has 0 radical (unpaired) electrons. The predicted octanol–water partition coefficient (Wildman–Crippen LogP) is 1.93. The van der Waals surface area contributed by atoms with Crippen LogP contribution >= 0.6 is 0 Å². The number of carbonyl (C=O) groups excluding carboxylic acids is 1. The number of rotatable bonds is 5. The van der Waals surface area contributed by atoms with Crippen LogP contribution in [0.25, 0.3) is 0 Å². The van der Waals surface area contributed by atoms with Crippen LogP contribution < -0.4 is 10.6 Å². The normalized spacial score (nSPS) is 24.8. The molecule has 0 aliphatic carbocycles. The molecule has 3 unspecified atom stereocenters. The molecule has 1 aliphatic heterocycles. The van der Waals surface area contributed by atoms with Gasteiger partial charge in [-0.15, -0.1) is 0 Å². The molecule has 0 bridgehead atoms. The van der Waals surface area contributed by atoms with E-state index in [-0.39, 0.29) is 5.91 Å². The van der Waals surface area contributed by atoms with Crippen LogP contribution in [-0.4, -0.2) is 25.0 Å². The maximum absolute atomic E-state index is 11.7. The molecule has 16 heavy (non-hydrogen) atoms. The lowest BCUT2D eigenvalue weighted by atomic mass is 9.92. The smallest absolute Gasteiger partial charge is 0.220 e. The Kier molecular flexibility index (Phi) is 5.81. The molecule has 0 saturated carbocycles. The summed E-state index contributed by atoms with van der Waals surface area (Å²) in [6.07, 6.45) is 4.21. The molecule has 1 heterocycles. The molecule has 1 rings (SSSR count). The number of hydrogen-bond donors (Lipinski definition) is 2. The number of piperidine rings is 1. The van der Waals surface area contributed by atoms with E-state index in [0.29, 0.717) is 24.3 Å². The number of nitrogens with one attached hydrogen (secondary N) is 2. The van der Waals surface area contributed by atoms with Crippen LogP contribution in [-0.2, 0) is 4.79 Å². The highest BCUT2D eigenvalue weighted by Gasteiger charge is 2.21. The largest absolute Gasteiger partial charge is 0.353 e. The summed E-state index contributed by atoms with van der Waals surface area (Å²) in [5.41, 5.74) is 0. The number of hydrogen-bond acceptors (Lipinski definition) is 2. The summed E-state index contributed by atoms with van der Waals surface area (Å²) < 4.78 is 0. The Labute approximate surface area is 99.4 Å². The van der Waals surface area contributed by atoms with Gasteiger partial charge in [-0.05, 0) is 44.7 Å². The van der Waals surface area contributed by atoms with E-state index in [1.54, 1.807) is 0 Å². The number of carbonyl (C=O) groups is 1. The Morgan fingerprint density at radius 2 is 2.25 bits per heavy atom. The van der Waals surface area contributed by atoms with Crippen molar-refractivity contribution in [1.82, 2.24) is 10.6 Å². The highest BCUT2D eigenvalue weighted by molar-refractivity contribution is 5.76. The first-order valence-electron chi connectivity index (χ1n) is 6.63. The Morgan fingerprint density at radius 1 is 1.50 bits per heavy atom. The third kappa shape index (κ3) is 4.52. The molecule has 1 fully saturated rings. The van der Waals surface area contributed by atoms with E-state index in [1.165, 1.54) is 12.8 Å². The molecule has 0 aromatic carbocycles. The van der Waals surface area contributed by atoms with Crippen LogP contribution in [0.3, 0.4) is 0 Å². The van der Waals surface area contributed by atoms with Gasteiger partial charge in [0.05, 0.1) is 0 Å². The van der Waals surface area contributed by atoms with Crippen molar-refractivity contribution < 1.29 is 4.79 Å². The van der Waals surface area contributed by atoms with E-state index in [1.807, 2.05) is 0 Å². The molecule has 3 nitrogen and oxygen atoms in total. The van der Waals surface area contributed by atoms with Crippen LogP contribution in [0.4, 0.5) is 0 Å². The minimum Gasteiger partial charge on any atom is -0.353 e. The lowest BCUT2D eigenvalue weighted by molar-refractivity contribution is -0.122. The summed E-state index contributed by atoms with van der Waals surface area (Å²) in [7, 11) is 0. The fourth-order valence-corrected chi connectivity index (χ4v) is 2.20. The van der Waals surface area contributed by atoms with Crippen molar-refractivity contribution in [3.63, 3.8) is 0 Å². The third-order valence-corrected chi connectivity index (χ3v) is 3.66. The Balaban J connectivity index is 2.26. The maximum Gasteiger partial charge on any atom is 0.220 e. The molecule has 0 aromatic rings. The molecule has 1 aliphatic rings. The van der Waals surface area contributed by atoms with E-state index in [2.05, 4.69) is 31.4 Å². The summed E-state index contributed by atoms with van der Waals surface area (Å²) in [6, 6.07) is 0.310. The van der Waals surface area contributed by atoms with Gasteiger partial charge < -0.3 is 10.6 Å². The van der Waals surface area contributed by atoms with Gasteiger partial charge in [-0.3, -0.25) is 4.79 Å². The zero-order valence-electron chi connectivity index (χ0n) is 10.9. The minimum atomic E-state index is 0.215. The van der Waals surface area contributed by atoms with Gasteiger partial charge in [0.15, 0.2) is 0 Å². The van der Waals surface area contributed by atoms with Gasteiger partial charge in [0, 0.05) is 12.5 Å². The maximum atomic E-state index is 11.7. The lowest BCUT2D eigenvalue weighted by Gasteiger charge is -2.29. The van der Waals surface area contributed by atoms with Crippen LogP contribution in [0.5, 0.6) is 0 Å². The van der Waals surface area contributed by atoms with Gasteiger partial charge >= 0.3 is 0 Å². The van der Waals surface area contributed by atoms with E-state index < -0.39 is 0 Å². The summed E-state index contributed by atoms with van der Waals surface area (Å²) in [5, 5.41) is 6.53. The molecule has 0 aromatic heterocycles. The van der Waals surface area contributed by atoms with Crippen LogP contribution in [0.15, 0.2) is 0 Å². The van der Waals surface area contributed by atoms with E-state index in [4.69, 9.17) is 0 Å². The third-order valence-electron chi connectivity index (χ3n) is 3.66. The topological polar surface area (TPSA) is 41.1 Å². The van der Waals surface area contributed by atoms with Crippen molar-refractivity contribution in [2.24, 2.45) is 11.8 Å². The zero-order chi connectivity index (χ0) is 12.0. The average molecular weight is 226 g/mol. The Morgan fingerprint density at radius 3 is 2.81 bits per heavy atom. The van der Waals surface area contributed by atoms with Gasteiger partial charge in [-0.2, -0.15) is 0 Å². The second-order valence-electron chi connectivity index (χ2n) is 5.18. The van der Waals surface area contributed by atoms with Crippen LogP contribution in [0.1, 0.15) is 46.5 Å². The van der Waals surface area contributed by atoms with Crippen LogP contribution in [0.2, 0.25) is 0 Å². The van der Waals surface area contributed by atoms with Gasteiger partial charge in [-0.25, -0.2) is 0 Å². The molecule has 3 atom stereocenters. The Bertz CT molecular complexity index is 212. The molecule has 2 N–H and O–H groups in total. The van der Waals surface area contributed by atoms with Crippen molar-refractivity contribution in [3.8, 4) is 0 Å². The molecule has 94 valence electrons. The second-order valence-corrected chi connectivity index (χ2v) is 5.18. The van der Waals surface area contributed by atoms with Crippen molar-refractivity contribution in [2.45, 2.75) is 52.5 Å². The van der Waals surface area contributed by atoms with Gasteiger partial charge in [-0.1, -0.05) is 20.3 Å². The van der Waals surface area contributed by atoms with Crippen molar-refractivity contribution in [1.29, 1.82) is 0 Å². The van der Waals surface area contributed by atoms with Crippen molar-refractivity contribution >= 4 is 5.91 Å². The van der Waals surface area contributed by atoms with Crippen molar-refractivity contribution in [3.05, 3.63) is 0 Å². The SMILES string of the molecule is CCC(C)CC(=O)NC(C)C1CCCNC1. The quantitative estimate of drug-likeness (QED) is 0.752. The first kappa shape index (κ1) is 13.5. The molecule has 1 amide bonds. The average Bonchev–Trinajstić information content (AvgIpc) is 2.29. The minimum absolute atomic E-state index is 0.215. The fraction of sp³-hybridized carbons (Fsp3) is 0.923. The first-order valence-corrected chi connectivity index (χ1v) is 6.63. The first-order chi connectivity index (χ1) is 7.63. The summed E-state index contributed by atoms with van der Waals surface area (Å²) in [4.78, 5) is 11.7. The van der Waals surface area contributed by atoms with E-state index >= 15 is 0 Å². The van der Waals surface area contributed by atoms with Gasteiger partial charge in [0.25, 0.3) is 0 Å². The van der Waals surface area contributed by atoms with Crippen LogP contribution in [0, 0.1) is 11.8 Å². The zero-order valence-corrected chi connectivity index (χ0v) is 10.9. The predicted molar refractivity (Wildman–Crippen MR) is 67.3 cm³/mol. The highest BCUT2D eigenvalue weighted by Crippen LogP contribution is 2.14. The van der Waals surface area contributed by atoms with E-state index in [0.717, 1.165) is 19.5 Å². The molecule has 3 heteroatoms. The fourth-order valence-electron chi connectivity index (χ4n) is 2.20. The standard InChI is InChI=1S/C13H26N2O/c1-4-10(2)8-13(16)15-11(3)12-6-5-7-14-9-12/h10-12,14H,4-9H2,1-3H3,(H,15,16). The van der Waals surface area contributed by atoms with Gasteiger partial charge in [0.1, 0.15) is 0 Å².